The Morgan fingerprint density at radius 2 is 1.91 bits per heavy atom. The Balaban J connectivity index is 1.43. The van der Waals surface area contributed by atoms with E-state index in [0.717, 1.165) is 45.4 Å². The summed E-state index contributed by atoms with van der Waals surface area (Å²) in [4.78, 5) is 37.6. The van der Waals surface area contributed by atoms with Gasteiger partial charge in [0.1, 0.15) is 17.9 Å². The maximum atomic E-state index is 14.3. The second kappa shape index (κ2) is 13.8. The predicted molar refractivity (Wildman–Crippen MR) is 162 cm³/mol. The summed E-state index contributed by atoms with van der Waals surface area (Å²) >= 11 is 0. The zero-order valence-corrected chi connectivity index (χ0v) is 26.5. The molecule has 236 valence electrons. The fraction of sp³-hybridized carbons (Fsp3) is 0.645. The molecule has 0 bridgehead atoms. The number of amides is 2. The summed E-state index contributed by atoms with van der Waals surface area (Å²) in [7, 11) is 3.17. The van der Waals surface area contributed by atoms with E-state index in [2.05, 4.69) is 38.8 Å². The second-order valence-electron chi connectivity index (χ2n) is 12.4. The molecule has 2 amide bonds. The number of likely N-dealkylation sites (tertiary alicyclic amines) is 1. The zero-order valence-electron chi connectivity index (χ0n) is 26.5. The Hall–Kier alpha value is -3.54. The number of hydrogen-bond donors (Lipinski definition) is 0. The van der Waals surface area contributed by atoms with Crippen molar-refractivity contribution in [1.82, 2.24) is 29.9 Å². The molecule has 2 saturated heterocycles. The van der Waals surface area contributed by atoms with Crippen molar-refractivity contribution in [1.29, 1.82) is 0 Å². The molecular weight excluding hydrogens is 553 g/mol. The number of ether oxygens (including phenoxy) is 2. The molecule has 11 nitrogen and oxygen atoms in total. The first-order valence-corrected chi connectivity index (χ1v) is 15.2. The minimum Gasteiger partial charge on any atom is -0.453 e. The first-order chi connectivity index (χ1) is 20.5. The average Bonchev–Trinajstić information content (AvgIpc) is 3.41. The van der Waals surface area contributed by atoms with Crippen molar-refractivity contribution in [3.63, 3.8) is 0 Å². The van der Waals surface area contributed by atoms with Gasteiger partial charge in [0.25, 0.3) is 11.8 Å². The lowest BCUT2D eigenvalue weighted by atomic mass is 9.76. The number of nitrogens with zero attached hydrogens (tertiary/aromatic N) is 7. The summed E-state index contributed by atoms with van der Waals surface area (Å²) in [6, 6.07) is 4.32. The van der Waals surface area contributed by atoms with Gasteiger partial charge in [0, 0.05) is 63.8 Å². The molecule has 0 aliphatic carbocycles. The van der Waals surface area contributed by atoms with E-state index in [9.17, 15) is 14.0 Å². The number of aromatic nitrogens is 3. The van der Waals surface area contributed by atoms with E-state index in [4.69, 9.17) is 9.47 Å². The molecule has 2 aromatic rings. The molecule has 2 aliphatic rings. The highest BCUT2D eigenvalue weighted by Gasteiger charge is 2.50. The van der Waals surface area contributed by atoms with Crippen LogP contribution in [-0.4, -0.2) is 107 Å². The van der Waals surface area contributed by atoms with Crippen LogP contribution >= 0.6 is 0 Å². The number of methoxy groups -OCH3 is 1. The third kappa shape index (κ3) is 7.34. The van der Waals surface area contributed by atoms with Gasteiger partial charge in [-0.3, -0.25) is 9.69 Å². The van der Waals surface area contributed by atoms with E-state index in [1.807, 2.05) is 20.8 Å². The van der Waals surface area contributed by atoms with Crippen LogP contribution in [0.2, 0.25) is 0 Å². The lowest BCUT2D eigenvalue weighted by molar-refractivity contribution is -0.0343. The van der Waals surface area contributed by atoms with Gasteiger partial charge in [-0.15, -0.1) is 10.2 Å². The number of carbonyl (C=O) groups excluding carboxylic acids is 2. The summed E-state index contributed by atoms with van der Waals surface area (Å²) in [5.74, 6) is 0.650. The predicted octanol–water partition coefficient (Wildman–Crippen LogP) is 4.69. The minimum atomic E-state index is -0.515. The monoisotopic (exact) mass is 599 g/mol. The second-order valence-corrected chi connectivity index (χ2v) is 12.4. The third-order valence-electron chi connectivity index (χ3n) is 8.71. The number of hydrogen-bond acceptors (Lipinski definition) is 9. The van der Waals surface area contributed by atoms with Crippen molar-refractivity contribution in [3.8, 4) is 11.6 Å². The summed E-state index contributed by atoms with van der Waals surface area (Å²) in [6.45, 7) is 15.0. The molecule has 12 heteroatoms. The molecule has 0 N–H and O–H groups in total. The van der Waals surface area contributed by atoms with Crippen molar-refractivity contribution < 1.29 is 23.5 Å². The molecule has 4 rings (SSSR count). The van der Waals surface area contributed by atoms with Crippen molar-refractivity contribution in [2.24, 2.45) is 11.3 Å². The fourth-order valence-electron chi connectivity index (χ4n) is 6.45. The minimum absolute atomic E-state index is 0.0540. The summed E-state index contributed by atoms with van der Waals surface area (Å²) in [5.41, 5.74) is 0.283. The molecule has 2 aliphatic heterocycles. The number of carbonyl (C=O) groups is 2. The van der Waals surface area contributed by atoms with Gasteiger partial charge in [-0.25, -0.2) is 14.2 Å². The van der Waals surface area contributed by atoms with Crippen LogP contribution < -0.4 is 9.64 Å². The van der Waals surface area contributed by atoms with Crippen LogP contribution in [0, 0.1) is 17.2 Å². The van der Waals surface area contributed by atoms with Gasteiger partial charge in [-0.2, -0.15) is 0 Å². The van der Waals surface area contributed by atoms with Gasteiger partial charge < -0.3 is 24.2 Å². The number of halogens is 1. The Bertz CT molecular complexity index is 1270. The Labute approximate surface area is 254 Å². The van der Waals surface area contributed by atoms with Gasteiger partial charge in [0.2, 0.25) is 0 Å². The molecule has 0 saturated carbocycles. The van der Waals surface area contributed by atoms with Crippen molar-refractivity contribution in [2.45, 2.75) is 66.0 Å². The summed E-state index contributed by atoms with van der Waals surface area (Å²) < 4.78 is 25.2. The van der Waals surface area contributed by atoms with Crippen molar-refractivity contribution in [3.05, 3.63) is 35.9 Å². The van der Waals surface area contributed by atoms with E-state index in [0.29, 0.717) is 30.9 Å². The quantitative estimate of drug-likeness (QED) is 0.344. The molecule has 1 aromatic heterocycles. The van der Waals surface area contributed by atoms with Crippen LogP contribution in [0.4, 0.5) is 15.0 Å². The fourth-order valence-corrected chi connectivity index (χ4v) is 6.45. The van der Waals surface area contributed by atoms with Crippen LogP contribution in [-0.2, 0) is 4.74 Å². The van der Waals surface area contributed by atoms with Crippen LogP contribution in [0.1, 0.15) is 64.2 Å². The van der Waals surface area contributed by atoms with E-state index in [1.54, 1.807) is 16.8 Å². The standard InChI is InChI=1S/C31H46FN7O4/c1-8-39(22(4)5)29(40)24-16-23(32)11-12-26(24)43-28-27(33-20-34-35-28)37-15-13-31(17-37)18-38(19-31)25(21(2)3)10-9-14-36(6)30(41)42-7/h11-12,16,20-22,25H,8-10,13-15,17-19H2,1-7H3/t25-/m1/s1. The van der Waals surface area contributed by atoms with Crippen LogP contribution in [0.3, 0.4) is 0 Å². The molecule has 0 radical (unpaired) electrons. The van der Waals surface area contributed by atoms with Crippen LogP contribution in [0.5, 0.6) is 11.6 Å². The first-order valence-electron chi connectivity index (χ1n) is 15.2. The normalized spacial score (nSPS) is 16.8. The lowest BCUT2D eigenvalue weighted by Crippen LogP contribution is -2.62. The SMILES string of the molecule is CCN(C(=O)c1cc(F)ccc1Oc1nncnc1N1CCC2(C1)CN([C@H](CCCN(C)C(=O)OC)C(C)C)C2)C(C)C. The average molecular weight is 600 g/mol. The van der Waals surface area contributed by atoms with Gasteiger partial charge in [0.15, 0.2) is 5.82 Å². The molecule has 2 fully saturated rings. The molecular formula is C31H46FN7O4. The maximum absolute atomic E-state index is 14.3. The smallest absolute Gasteiger partial charge is 0.409 e. The highest BCUT2D eigenvalue weighted by atomic mass is 19.1. The van der Waals surface area contributed by atoms with Crippen molar-refractivity contribution >= 4 is 17.8 Å². The Morgan fingerprint density at radius 3 is 2.56 bits per heavy atom. The maximum Gasteiger partial charge on any atom is 0.409 e. The molecule has 1 atom stereocenters. The largest absolute Gasteiger partial charge is 0.453 e. The molecule has 1 spiro atoms. The van der Waals surface area contributed by atoms with Crippen LogP contribution in [0.25, 0.3) is 0 Å². The van der Waals surface area contributed by atoms with E-state index < -0.39 is 5.82 Å². The molecule has 43 heavy (non-hydrogen) atoms. The Kier molecular flexibility index (Phi) is 10.4. The number of rotatable bonds is 12. The van der Waals surface area contributed by atoms with Gasteiger partial charge in [-0.05, 0) is 64.2 Å². The first kappa shape index (κ1) is 32.4. The third-order valence-corrected chi connectivity index (χ3v) is 8.71. The molecule has 1 aromatic carbocycles. The highest BCUT2D eigenvalue weighted by Crippen LogP contribution is 2.44. The van der Waals surface area contributed by atoms with Gasteiger partial charge in [0.05, 0.1) is 12.7 Å². The summed E-state index contributed by atoms with van der Waals surface area (Å²) in [5, 5.41) is 8.17. The Morgan fingerprint density at radius 1 is 1.16 bits per heavy atom. The van der Waals surface area contributed by atoms with Crippen molar-refractivity contribution in [2.75, 3.05) is 58.3 Å². The zero-order chi connectivity index (χ0) is 31.3. The van der Waals surface area contributed by atoms with E-state index >= 15 is 0 Å². The lowest BCUT2D eigenvalue weighted by Gasteiger charge is -2.53. The molecule has 0 unspecified atom stereocenters. The van der Waals surface area contributed by atoms with E-state index in [-0.39, 0.29) is 40.7 Å². The summed E-state index contributed by atoms with van der Waals surface area (Å²) in [6.07, 6.45) is 4.03. The highest BCUT2D eigenvalue weighted by molar-refractivity contribution is 5.97. The topological polar surface area (TPSA) is 104 Å². The van der Waals surface area contributed by atoms with E-state index in [1.165, 1.54) is 31.6 Å². The number of anilines is 1. The van der Waals surface area contributed by atoms with Gasteiger partial charge >= 0.3 is 6.09 Å². The van der Waals surface area contributed by atoms with Crippen LogP contribution in [0.15, 0.2) is 24.5 Å². The molecule has 3 heterocycles. The van der Waals surface area contributed by atoms with Gasteiger partial charge in [-0.1, -0.05) is 13.8 Å². The number of benzene rings is 1.